The Hall–Kier alpha value is -3.03. The van der Waals surface area contributed by atoms with E-state index in [1.807, 2.05) is 6.92 Å². The molecule has 1 amide bonds. The quantitative estimate of drug-likeness (QED) is 0.378. The molecule has 1 atom stereocenters. The van der Waals surface area contributed by atoms with Crippen molar-refractivity contribution in [3.8, 4) is 11.5 Å². The molecule has 1 saturated heterocycles. The molecule has 0 radical (unpaired) electrons. The van der Waals surface area contributed by atoms with Gasteiger partial charge in [0.2, 0.25) is 0 Å². The van der Waals surface area contributed by atoms with E-state index in [2.05, 4.69) is 0 Å². The van der Waals surface area contributed by atoms with Crippen LogP contribution in [0, 0.1) is 0 Å². The number of aliphatic hydroxyl groups excluding tert-OH is 1. The summed E-state index contributed by atoms with van der Waals surface area (Å²) in [4.78, 5) is 27.1. The van der Waals surface area contributed by atoms with Gasteiger partial charge in [0.15, 0.2) is 0 Å². The Kier molecular flexibility index (Phi) is 7.20. The molecule has 1 heterocycles. The van der Waals surface area contributed by atoms with Crippen molar-refractivity contribution < 1.29 is 28.9 Å². The summed E-state index contributed by atoms with van der Waals surface area (Å²) in [5, 5.41) is 11.4. The van der Waals surface area contributed by atoms with E-state index in [-0.39, 0.29) is 24.5 Å². The molecule has 0 aliphatic carbocycles. The number of hydrogen-bond acceptors (Lipinski definition) is 6. The summed E-state index contributed by atoms with van der Waals surface area (Å²) in [6.45, 7) is 2.84. The van der Waals surface area contributed by atoms with E-state index in [9.17, 15) is 14.7 Å². The lowest BCUT2D eigenvalue weighted by Gasteiger charge is -2.25. The predicted octanol–water partition coefficient (Wildman–Crippen LogP) is 3.82. The summed E-state index contributed by atoms with van der Waals surface area (Å²) in [7, 11) is 2.97. The second-order valence-electron chi connectivity index (χ2n) is 6.84. The van der Waals surface area contributed by atoms with Crippen molar-refractivity contribution in [3.05, 3.63) is 64.2 Å². The zero-order chi connectivity index (χ0) is 22.5. The number of nitrogens with zero attached hydrogens (tertiary/aromatic N) is 1. The van der Waals surface area contributed by atoms with Crippen LogP contribution < -0.4 is 9.47 Å². The van der Waals surface area contributed by atoms with Crippen molar-refractivity contribution >= 4 is 29.1 Å². The molecule has 7 nitrogen and oxygen atoms in total. The minimum absolute atomic E-state index is 0.00496. The number of carbonyl (C=O) groups is 2. The smallest absolute Gasteiger partial charge is 0.295 e. The third kappa shape index (κ3) is 4.52. The Balaban J connectivity index is 2.13. The summed E-state index contributed by atoms with van der Waals surface area (Å²) < 4.78 is 15.8. The maximum Gasteiger partial charge on any atom is 0.295 e. The standard InChI is InChI=1S/C23H24ClNO6/c1-4-31-16-8-5-14(6-9-16)20-19(22(27)23(28)25(20)11-12-29-2)21(26)15-7-10-17(24)18(13-15)30-3/h5-10,13,20,26H,4,11-12H2,1-3H3/b21-19-. The summed E-state index contributed by atoms with van der Waals surface area (Å²) in [5.74, 6) is -0.744. The van der Waals surface area contributed by atoms with Crippen molar-refractivity contribution in [2.24, 2.45) is 0 Å². The van der Waals surface area contributed by atoms with Gasteiger partial charge in [0.25, 0.3) is 11.7 Å². The first-order chi connectivity index (χ1) is 14.9. The van der Waals surface area contributed by atoms with Crippen molar-refractivity contribution in [3.63, 3.8) is 0 Å². The van der Waals surface area contributed by atoms with E-state index < -0.39 is 17.7 Å². The molecular weight excluding hydrogens is 422 g/mol. The van der Waals surface area contributed by atoms with E-state index in [0.717, 1.165) is 0 Å². The molecule has 2 aromatic carbocycles. The van der Waals surface area contributed by atoms with Crippen LogP contribution in [0.25, 0.3) is 5.76 Å². The van der Waals surface area contributed by atoms with Crippen molar-refractivity contribution in [2.45, 2.75) is 13.0 Å². The number of carbonyl (C=O) groups excluding carboxylic acids is 2. The van der Waals surface area contributed by atoms with Gasteiger partial charge in [-0.25, -0.2) is 0 Å². The molecule has 0 spiro atoms. The van der Waals surface area contributed by atoms with Gasteiger partial charge in [0.1, 0.15) is 17.3 Å². The summed E-state index contributed by atoms with van der Waals surface area (Å²) in [6.07, 6.45) is 0. The van der Waals surface area contributed by atoms with Crippen LogP contribution in [0.15, 0.2) is 48.0 Å². The number of Topliss-reactive ketones (excluding diaryl/α,β-unsaturated/α-hetero) is 1. The van der Waals surface area contributed by atoms with Gasteiger partial charge in [-0.15, -0.1) is 0 Å². The van der Waals surface area contributed by atoms with E-state index in [1.165, 1.54) is 25.2 Å². The molecule has 2 aromatic rings. The number of rotatable bonds is 8. The number of likely N-dealkylation sites (tertiary alicyclic amines) is 1. The van der Waals surface area contributed by atoms with Crippen LogP contribution >= 0.6 is 11.6 Å². The highest BCUT2D eigenvalue weighted by atomic mass is 35.5. The number of halogens is 1. The minimum atomic E-state index is -0.771. The Morgan fingerprint density at radius 1 is 1.13 bits per heavy atom. The summed E-state index contributed by atoms with van der Waals surface area (Å²) in [5.41, 5.74) is 0.984. The Bertz CT molecular complexity index is 1000. The van der Waals surface area contributed by atoms with Crippen LogP contribution in [0.3, 0.4) is 0 Å². The van der Waals surface area contributed by atoms with Gasteiger partial charge in [-0.3, -0.25) is 9.59 Å². The highest BCUT2D eigenvalue weighted by Crippen LogP contribution is 2.40. The first-order valence-corrected chi connectivity index (χ1v) is 10.1. The van der Waals surface area contributed by atoms with Crippen molar-refractivity contribution in [2.75, 3.05) is 34.0 Å². The molecule has 0 bridgehead atoms. The van der Waals surface area contributed by atoms with Gasteiger partial charge in [-0.1, -0.05) is 23.7 Å². The molecule has 0 saturated carbocycles. The highest BCUT2D eigenvalue weighted by Gasteiger charge is 2.45. The second-order valence-corrected chi connectivity index (χ2v) is 7.24. The average molecular weight is 446 g/mol. The molecule has 1 N–H and O–H groups in total. The molecule has 8 heteroatoms. The van der Waals surface area contributed by atoms with E-state index in [4.69, 9.17) is 25.8 Å². The molecule has 31 heavy (non-hydrogen) atoms. The van der Waals surface area contributed by atoms with Crippen LogP contribution in [0.1, 0.15) is 24.1 Å². The van der Waals surface area contributed by atoms with Crippen LogP contribution in [-0.4, -0.2) is 55.7 Å². The molecule has 1 unspecified atom stereocenters. The fourth-order valence-corrected chi connectivity index (χ4v) is 3.72. The summed E-state index contributed by atoms with van der Waals surface area (Å²) >= 11 is 6.08. The Morgan fingerprint density at radius 2 is 1.84 bits per heavy atom. The van der Waals surface area contributed by atoms with Crippen LogP contribution in [0.4, 0.5) is 0 Å². The molecular formula is C23H24ClNO6. The van der Waals surface area contributed by atoms with Crippen LogP contribution in [0.2, 0.25) is 5.02 Å². The normalized spacial score (nSPS) is 17.8. The lowest BCUT2D eigenvalue weighted by molar-refractivity contribution is -0.140. The molecule has 1 fully saturated rings. The maximum absolute atomic E-state index is 12.9. The fourth-order valence-electron chi connectivity index (χ4n) is 3.52. The van der Waals surface area contributed by atoms with Gasteiger partial charge in [-0.2, -0.15) is 0 Å². The Labute approximate surface area is 185 Å². The third-order valence-electron chi connectivity index (χ3n) is 5.01. The predicted molar refractivity (Wildman–Crippen MR) is 117 cm³/mol. The number of hydrogen-bond donors (Lipinski definition) is 1. The monoisotopic (exact) mass is 445 g/mol. The highest BCUT2D eigenvalue weighted by molar-refractivity contribution is 6.46. The average Bonchev–Trinajstić information content (AvgIpc) is 3.03. The zero-order valence-electron chi connectivity index (χ0n) is 17.6. The maximum atomic E-state index is 12.9. The Morgan fingerprint density at radius 3 is 2.45 bits per heavy atom. The number of methoxy groups -OCH3 is 2. The van der Waals surface area contributed by atoms with Gasteiger partial charge in [-0.05, 0) is 42.8 Å². The van der Waals surface area contributed by atoms with E-state index >= 15 is 0 Å². The number of aliphatic hydroxyl groups is 1. The first-order valence-electron chi connectivity index (χ1n) is 9.76. The fraction of sp³-hybridized carbons (Fsp3) is 0.304. The summed E-state index contributed by atoms with van der Waals surface area (Å²) in [6, 6.07) is 11.0. The first kappa shape index (κ1) is 22.7. The van der Waals surface area contributed by atoms with E-state index in [1.54, 1.807) is 36.4 Å². The third-order valence-corrected chi connectivity index (χ3v) is 5.32. The van der Waals surface area contributed by atoms with Gasteiger partial charge >= 0.3 is 0 Å². The van der Waals surface area contributed by atoms with Crippen LogP contribution in [-0.2, 0) is 14.3 Å². The second kappa shape index (κ2) is 9.85. The number of ketones is 1. The molecule has 3 rings (SSSR count). The van der Waals surface area contributed by atoms with E-state index in [0.29, 0.717) is 34.3 Å². The minimum Gasteiger partial charge on any atom is -0.507 e. The largest absolute Gasteiger partial charge is 0.507 e. The topological polar surface area (TPSA) is 85.3 Å². The number of benzene rings is 2. The van der Waals surface area contributed by atoms with Gasteiger partial charge < -0.3 is 24.2 Å². The molecule has 1 aliphatic heterocycles. The molecule has 1 aliphatic rings. The SMILES string of the molecule is CCOc1ccc(C2/C(=C(/O)c3ccc(Cl)c(OC)c3)C(=O)C(=O)N2CCOC)cc1. The number of amides is 1. The molecule has 0 aromatic heterocycles. The van der Waals surface area contributed by atoms with Crippen molar-refractivity contribution in [1.29, 1.82) is 0 Å². The molecule has 164 valence electrons. The number of ether oxygens (including phenoxy) is 3. The van der Waals surface area contributed by atoms with Gasteiger partial charge in [0.05, 0.1) is 37.0 Å². The van der Waals surface area contributed by atoms with Gasteiger partial charge in [0, 0.05) is 19.2 Å². The van der Waals surface area contributed by atoms with Crippen molar-refractivity contribution in [1.82, 2.24) is 4.90 Å². The zero-order valence-corrected chi connectivity index (χ0v) is 18.3. The van der Waals surface area contributed by atoms with Crippen LogP contribution in [0.5, 0.6) is 11.5 Å². The lowest BCUT2D eigenvalue weighted by atomic mass is 9.95. The lowest BCUT2D eigenvalue weighted by Crippen LogP contribution is -2.32.